The third kappa shape index (κ3) is 10.6. The first-order valence-electron chi connectivity index (χ1n) is 15.4. The Balaban J connectivity index is 2.14. The number of hydrogen-bond donors (Lipinski definition) is 4. The van der Waals surface area contributed by atoms with E-state index in [9.17, 15) is 24.6 Å². The van der Waals surface area contributed by atoms with Gasteiger partial charge in [-0.2, -0.15) is 0 Å². The molecule has 0 fully saturated rings. The predicted molar refractivity (Wildman–Crippen MR) is 176 cm³/mol. The van der Waals surface area contributed by atoms with Crippen LogP contribution >= 0.6 is 0 Å². The fourth-order valence-corrected chi connectivity index (χ4v) is 5.02. The van der Waals surface area contributed by atoms with E-state index in [0.29, 0.717) is 29.2 Å². The molecular weight excluding hydrogens is 570 g/mol. The quantitative estimate of drug-likeness (QED) is 0.176. The highest BCUT2D eigenvalue weighted by Gasteiger charge is 2.39. The number of aromatic hydroxyl groups is 2. The lowest BCUT2D eigenvalue weighted by atomic mass is 9.95. The van der Waals surface area contributed by atoms with E-state index >= 15 is 0 Å². The van der Waals surface area contributed by atoms with Crippen molar-refractivity contribution in [2.24, 2.45) is 5.92 Å². The molecule has 0 aliphatic carbocycles. The van der Waals surface area contributed by atoms with Gasteiger partial charge in [-0.05, 0) is 100 Å². The van der Waals surface area contributed by atoms with E-state index in [-0.39, 0.29) is 17.9 Å². The number of carbonyl (C=O) groups excluding carboxylic acids is 3. The van der Waals surface area contributed by atoms with E-state index in [2.05, 4.69) is 24.5 Å². The molecule has 0 saturated heterocycles. The zero-order valence-electron chi connectivity index (χ0n) is 27.3. The minimum atomic E-state index is -1.10. The van der Waals surface area contributed by atoms with Gasteiger partial charge in [0, 0.05) is 18.2 Å². The van der Waals surface area contributed by atoms with Crippen molar-refractivity contribution in [2.45, 2.75) is 91.5 Å². The summed E-state index contributed by atoms with van der Waals surface area (Å²) in [5.74, 6) is -0.445. The van der Waals surface area contributed by atoms with Gasteiger partial charge < -0.3 is 30.5 Å². The van der Waals surface area contributed by atoms with Gasteiger partial charge in [-0.25, -0.2) is 4.79 Å². The monoisotopic (exact) mass is 617 g/mol. The van der Waals surface area contributed by atoms with Crippen LogP contribution < -0.4 is 10.6 Å². The van der Waals surface area contributed by atoms with Crippen LogP contribution in [0.1, 0.15) is 77.1 Å². The van der Waals surface area contributed by atoms with Crippen LogP contribution in [-0.2, 0) is 20.7 Å². The first-order valence-corrected chi connectivity index (χ1v) is 15.4. The van der Waals surface area contributed by atoms with Crippen LogP contribution in [0.25, 0.3) is 0 Å². The highest BCUT2D eigenvalue weighted by atomic mass is 16.6. The molecule has 3 amide bonds. The highest BCUT2D eigenvalue weighted by Crippen LogP contribution is 2.30. The lowest BCUT2D eigenvalue weighted by molar-refractivity contribution is -0.143. The first-order chi connectivity index (χ1) is 21.1. The number of alkyl carbamates (subject to hydrolysis) is 1. The number of anilines is 1. The Labute approximate surface area is 266 Å². The number of hydrogen-bond acceptors (Lipinski definition) is 6. The molecule has 9 nitrogen and oxygen atoms in total. The molecule has 4 N–H and O–H groups in total. The summed E-state index contributed by atoms with van der Waals surface area (Å²) >= 11 is 0. The van der Waals surface area contributed by atoms with E-state index in [4.69, 9.17) is 4.74 Å². The number of aryl methyl sites for hydroxylation is 1. The second-order valence-corrected chi connectivity index (χ2v) is 12.9. The molecule has 3 aromatic rings. The number of carbonyl (C=O) groups is 3. The third-order valence-corrected chi connectivity index (χ3v) is 7.39. The summed E-state index contributed by atoms with van der Waals surface area (Å²) in [5, 5.41) is 25.7. The van der Waals surface area contributed by atoms with Crippen molar-refractivity contribution >= 4 is 23.6 Å². The zero-order chi connectivity index (χ0) is 33.3. The molecule has 0 radical (unpaired) electrons. The smallest absolute Gasteiger partial charge is 0.408 e. The third-order valence-electron chi connectivity index (χ3n) is 7.39. The van der Waals surface area contributed by atoms with E-state index in [1.807, 2.05) is 32.0 Å². The van der Waals surface area contributed by atoms with E-state index in [1.54, 1.807) is 56.0 Å². The maximum atomic E-state index is 14.8. The van der Waals surface area contributed by atoms with Crippen LogP contribution in [0.15, 0.2) is 72.8 Å². The molecule has 0 saturated carbocycles. The van der Waals surface area contributed by atoms with E-state index < -0.39 is 41.6 Å². The number of phenolic OH excluding ortho intramolecular Hbond substituents is 2. The Morgan fingerprint density at radius 3 is 1.98 bits per heavy atom. The number of amides is 3. The Bertz CT molecular complexity index is 1430. The van der Waals surface area contributed by atoms with Crippen molar-refractivity contribution in [2.75, 3.05) is 5.32 Å². The number of nitrogens with one attached hydrogen (secondary N) is 2. The van der Waals surface area contributed by atoms with Crippen LogP contribution in [0, 0.1) is 12.8 Å². The molecule has 3 atom stereocenters. The van der Waals surface area contributed by atoms with Gasteiger partial charge in [-0.15, -0.1) is 0 Å². The largest absolute Gasteiger partial charge is 0.508 e. The summed E-state index contributed by atoms with van der Waals surface area (Å²) in [6.07, 6.45) is 0.732. The molecular formula is C36H47N3O6. The first kappa shape index (κ1) is 35.0. The van der Waals surface area contributed by atoms with Gasteiger partial charge in [0.05, 0.1) is 0 Å². The topological polar surface area (TPSA) is 128 Å². The number of phenols is 2. The summed E-state index contributed by atoms with van der Waals surface area (Å²) in [4.78, 5) is 43.7. The van der Waals surface area contributed by atoms with Crippen molar-refractivity contribution < 1.29 is 29.3 Å². The molecule has 0 aromatic heterocycles. The van der Waals surface area contributed by atoms with Crippen molar-refractivity contribution in [3.05, 3.63) is 89.5 Å². The Morgan fingerprint density at radius 1 is 0.844 bits per heavy atom. The van der Waals surface area contributed by atoms with Gasteiger partial charge in [-0.1, -0.05) is 56.3 Å². The van der Waals surface area contributed by atoms with Crippen molar-refractivity contribution in [1.29, 1.82) is 0 Å². The van der Waals surface area contributed by atoms with Crippen LogP contribution in [0.4, 0.5) is 10.5 Å². The predicted octanol–water partition coefficient (Wildman–Crippen LogP) is 6.88. The van der Waals surface area contributed by atoms with Gasteiger partial charge >= 0.3 is 6.09 Å². The average Bonchev–Trinajstić information content (AvgIpc) is 2.96. The summed E-state index contributed by atoms with van der Waals surface area (Å²) in [6.45, 7) is 13.2. The summed E-state index contributed by atoms with van der Waals surface area (Å²) in [6, 6.07) is 17.4. The van der Waals surface area contributed by atoms with Crippen LogP contribution in [0.3, 0.4) is 0 Å². The Kier molecular flexibility index (Phi) is 12.0. The van der Waals surface area contributed by atoms with Crippen molar-refractivity contribution in [3.8, 4) is 11.5 Å². The molecule has 0 heterocycles. The molecule has 45 heavy (non-hydrogen) atoms. The second-order valence-electron chi connectivity index (χ2n) is 12.9. The van der Waals surface area contributed by atoms with Gasteiger partial charge in [0.2, 0.25) is 5.91 Å². The summed E-state index contributed by atoms with van der Waals surface area (Å²) in [5.41, 5.74) is 1.87. The molecule has 242 valence electrons. The Hall–Kier alpha value is -4.53. The zero-order valence-corrected chi connectivity index (χ0v) is 27.3. The lowest BCUT2D eigenvalue weighted by Crippen LogP contribution is -2.55. The molecule has 3 aromatic carbocycles. The van der Waals surface area contributed by atoms with Crippen LogP contribution in [-0.4, -0.2) is 50.7 Å². The van der Waals surface area contributed by atoms with Crippen molar-refractivity contribution in [1.82, 2.24) is 10.2 Å². The normalized spacial score (nSPS) is 13.4. The maximum Gasteiger partial charge on any atom is 0.408 e. The molecule has 0 aliphatic rings. The van der Waals surface area contributed by atoms with Crippen molar-refractivity contribution in [3.63, 3.8) is 0 Å². The van der Waals surface area contributed by atoms with Crippen LogP contribution in [0.5, 0.6) is 11.5 Å². The standard InChI is InChI=1S/C36H47N3O6/c1-23(2)12-13-25(4)39(32(27-16-20-29(41)21-17-27)33(42)37-30-11-9-8-10-24(30)3)34(43)31(38-35(44)45-36(5,6)7)22-26-14-18-28(40)19-15-26/h8-11,14-21,23,25,31-32,40-41H,12-13,22H2,1-7H3,(H,37,42)(H,38,44). The summed E-state index contributed by atoms with van der Waals surface area (Å²) < 4.78 is 5.52. The van der Waals surface area contributed by atoms with Crippen LogP contribution in [0.2, 0.25) is 0 Å². The molecule has 0 aliphatic heterocycles. The fourth-order valence-electron chi connectivity index (χ4n) is 5.02. The highest BCUT2D eigenvalue weighted by molar-refractivity contribution is 5.99. The minimum Gasteiger partial charge on any atom is -0.508 e. The number of para-hydroxylation sites is 1. The van der Waals surface area contributed by atoms with E-state index in [0.717, 1.165) is 12.0 Å². The van der Waals surface area contributed by atoms with Gasteiger partial charge in [0.25, 0.3) is 5.91 Å². The molecule has 0 bridgehead atoms. The molecule has 3 unspecified atom stereocenters. The van der Waals surface area contributed by atoms with Gasteiger partial charge in [0.1, 0.15) is 29.2 Å². The van der Waals surface area contributed by atoms with Gasteiger partial charge in [-0.3, -0.25) is 9.59 Å². The maximum absolute atomic E-state index is 14.8. The number of nitrogens with zero attached hydrogens (tertiary/aromatic N) is 1. The lowest BCUT2D eigenvalue weighted by Gasteiger charge is -2.39. The number of rotatable bonds is 12. The fraction of sp³-hybridized carbons (Fsp3) is 0.417. The minimum absolute atomic E-state index is 0.0272. The molecule has 9 heteroatoms. The number of ether oxygens (including phenoxy) is 1. The SMILES string of the molecule is Cc1ccccc1NC(=O)C(c1ccc(O)cc1)N(C(=O)C(Cc1ccc(O)cc1)NC(=O)OC(C)(C)C)C(C)CCC(C)C. The molecule has 3 rings (SSSR count). The van der Waals surface area contributed by atoms with Gasteiger partial charge in [0.15, 0.2) is 0 Å². The summed E-state index contributed by atoms with van der Waals surface area (Å²) in [7, 11) is 0. The van der Waals surface area contributed by atoms with E-state index in [1.165, 1.54) is 24.3 Å². The average molecular weight is 618 g/mol. The number of benzene rings is 3. The Morgan fingerprint density at radius 2 is 1.42 bits per heavy atom. The second kappa shape index (κ2) is 15.5. The molecule has 0 spiro atoms.